The van der Waals surface area contributed by atoms with E-state index in [1.54, 1.807) is 0 Å². The molecule has 2 unspecified atom stereocenters. The van der Waals surface area contributed by atoms with Crippen LogP contribution in [-0.4, -0.2) is 11.2 Å². The number of hydrogen-bond acceptors (Lipinski definition) is 2. The molecule has 0 saturated heterocycles. The predicted molar refractivity (Wildman–Crippen MR) is 70.0 cm³/mol. The molecule has 0 saturated carbocycles. The van der Waals surface area contributed by atoms with Crippen molar-refractivity contribution in [1.29, 1.82) is 0 Å². The summed E-state index contributed by atoms with van der Waals surface area (Å²) in [7, 11) is 0. The van der Waals surface area contributed by atoms with E-state index in [4.69, 9.17) is 0 Å². The monoisotopic (exact) mass is 249 g/mol. The van der Waals surface area contributed by atoms with Crippen LogP contribution in [-0.2, 0) is 6.42 Å². The molecule has 2 atom stereocenters. The summed E-state index contributed by atoms with van der Waals surface area (Å²) < 4.78 is 0. The molecule has 0 aromatic heterocycles. The molecule has 17 heavy (non-hydrogen) atoms. The number of rotatable bonds is 1. The van der Waals surface area contributed by atoms with E-state index in [1.807, 2.05) is 12.1 Å². The Bertz CT molecular complexity index is 549. The van der Waals surface area contributed by atoms with E-state index in [0.717, 1.165) is 11.8 Å². The molecule has 0 fully saturated rings. The highest BCUT2D eigenvalue weighted by Crippen LogP contribution is 2.34. The number of nitrogens with zero attached hydrogens (tertiary/aromatic N) is 1. The van der Waals surface area contributed by atoms with Gasteiger partial charge in [-0.25, -0.2) is 0 Å². The van der Waals surface area contributed by atoms with Gasteiger partial charge in [-0.2, -0.15) is 0 Å². The van der Waals surface area contributed by atoms with Crippen molar-refractivity contribution in [2.45, 2.75) is 32.4 Å². The predicted octanol–water partition coefficient (Wildman–Crippen LogP) is 2.16. The summed E-state index contributed by atoms with van der Waals surface area (Å²) in [5, 5.41) is 11.1. The van der Waals surface area contributed by atoms with Gasteiger partial charge in [-0.1, -0.05) is 24.3 Å². The normalized spacial score (nSPS) is 22.3. The zero-order valence-corrected chi connectivity index (χ0v) is 10.8. The van der Waals surface area contributed by atoms with Gasteiger partial charge in [0.15, 0.2) is 0 Å². The Morgan fingerprint density at radius 3 is 2.47 bits per heavy atom. The third-order valence-electron chi connectivity index (χ3n) is 3.65. The zero-order valence-electron chi connectivity index (χ0n) is 9.97. The van der Waals surface area contributed by atoms with Crippen LogP contribution in [0.3, 0.4) is 0 Å². The molecule has 0 heterocycles. The van der Waals surface area contributed by atoms with Crippen LogP contribution in [0.5, 0.6) is 0 Å². The summed E-state index contributed by atoms with van der Waals surface area (Å²) in [5.74, 6) is 0. The van der Waals surface area contributed by atoms with Crippen molar-refractivity contribution in [3.05, 3.63) is 51.9 Å². The Labute approximate surface area is 107 Å². The highest BCUT2D eigenvalue weighted by molar-refractivity contribution is 5.85. The van der Waals surface area contributed by atoms with Crippen molar-refractivity contribution in [2.75, 3.05) is 0 Å². The van der Waals surface area contributed by atoms with E-state index in [-0.39, 0.29) is 24.6 Å². The lowest BCUT2D eigenvalue weighted by Gasteiger charge is -2.09. The molecule has 90 valence electrons. The fourth-order valence-corrected chi connectivity index (χ4v) is 2.43. The number of aliphatic hydroxyl groups excluding tert-OH is 1. The van der Waals surface area contributed by atoms with Crippen molar-refractivity contribution in [3.8, 4) is 0 Å². The lowest BCUT2D eigenvalue weighted by atomic mass is 10.1. The minimum absolute atomic E-state index is 0. The quantitative estimate of drug-likeness (QED) is 0.826. The maximum Gasteiger partial charge on any atom is 0.102 e. The Morgan fingerprint density at radius 2 is 1.82 bits per heavy atom. The van der Waals surface area contributed by atoms with Crippen molar-refractivity contribution >= 4 is 12.4 Å². The first-order valence-electron chi connectivity index (χ1n) is 5.70. The molecular weight excluding hydrogens is 234 g/mol. The third kappa shape index (κ3) is 1.92. The first kappa shape index (κ1) is 12.3. The average molecular weight is 250 g/mol. The Morgan fingerprint density at radius 1 is 1.18 bits per heavy atom. The smallest absolute Gasteiger partial charge is 0.102 e. The fraction of sp³-hybridized carbons (Fsp3) is 0.357. The number of aliphatic hydroxyl groups is 1. The van der Waals surface area contributed by atoms with Crippen molar-refractivity contribution in [2.24, 2.45) is 4.99 Å². The summed E-state index contributed by atoms with van der Waals surface area (Å²) in [5.41, 5.74) is 5.00. The van der Waals surface area contributed by atoms with Crippen LogP contribution in [0, 0.1) is 13.8 Å². The second-order valence-corrected chi connectivity index (χ2v) is 4.64. The van der Waals surface area contributed by atoms with Crippen LogP contribution in [0.15, 0.2) is 29.3 Å². The number of hydrogen-bond donors (Lipinski definition) is 1. The second kappa shape index (κ2) is 4.28. The first-order valence-corrected chi connectivity index (χ1v) is 5.70. The summed E-state index contributed by atoms with van der Waals surface area (Å²) in [6.07, 6.45) is 0.376. The molecule has 3 heteroatoms. The van der Waals surface area contributed by atoms with Gasteiger partial charge in [0.1, 0.15) is 6.04 Å². The summed E-state index contributed by atoms with van der Waals surface area (Å²) in [4.78, 5) is 4.66. The van der Waals surface area contributed by atoms with E-state index < -0.39 is 0 Å². The van der Waals surface area contributed by atoms with Gasteiger partial charge in [0.05, 0.1) is 11.5 Å². The molecule has 2 aromatic carbocycles. The zero-order chi connectivity index (χ0) is 11.3. The molecule has 0 bridgehead atoms. The van der Waals surface area contributed by atoms with Gasteiger partial charge in [0, 0.05) is 6.42 Å². The Balaban J connectivity index is 0.00000108. The fourth-order valence-electron chi connectivity index (χ4n) is 2.43. The van der Waals surface area contributed by atoms with E-state index >= 15 is 0 Å². The van der Waals surface area contributed by atoms with Crippen LogP contribution in [0.4, 0.5) is 0 Å². The largest absolute Gasteiger partial charge is 0.390 e. The molecule has 0 radical (unpaired) electrons. The first-order chi connectivity index (χ1) is 7.68. The Kier molecular flexibility index (Phi) is 3.11. The van der Waals surface area contributed by atoms with Gasteiger partial charge in [-0.05, 0) is 36.1 Å². The maximum absolute atomic E-state index is 10.0. The molecular formula is C14H16ClNO. The summed E-state index contributed by atoms with van der Waals surface area (Å²) in [6.45, 7) is 4.17. The lowest BCUT2D eigenvalue weighted by molar-refractivity contribution is 0.158. The van der Waals surface area contributed by atoms with Crippen LogP contribution < -0.4 is 5.36 Å². The maximum atomic E-state index is 10.0. The molecule has 2 nitrogen and oxygen atoms in total. The Hall–Kier alpha value is -1.12. The van der Waals surface area contributed by atoms with Crippen molar-refractivity contribution in [3.63, 3.8) is 0 Å². The molecule has 2 aromatic rings. The molecule has 0 amide bonds. The SMILES string of the molecule is Cc1c(C)c1=NC1c2ccccc2CC1O.Cl. The van der Waals surface area contributed by atoms with E-state index in [9.17, 15) is 5.11 Å². The van der Waals surface area contributed by atoms with Gasteiger partial charge < -0.3 is 5.11 Å². The van der Waals surface area contributed by atoms with Crippen LogP contribution in [0.25, 0.3) is 0 Å². The van der Waals surface area contributed by atoms with Gasteiger partial charge in [0.2, 0.25) is 0 Å². The molecule has 1 aliphatic rings. The van der Waals surface area contributed by atoms with Gasteiger partial charge in [-0.3, -0.25) is 4.99 Å². The van der Waals surface area contributed by atoms with Crippen molar-refractivity contribution in [1.82, 2.24) is 0 Å². The topological polar surface area (TPSA) is 32.6 Å². The highest BCUT2D eigenvalue weighted by atomic mass is 35.5. The minimum Gasteiger partial charge on any atom is -0.390 e. The second-order valence-electron chi connectivity index (χ2n) is 4.64. The average Bonchev–Trinajstić information content (AvgIpc) is 2.71. The summed E-state index contributed by atoms with van der Waals surface area (Å²) in [6, 6.07) is 8.14. The molecule has 1 N–H and O–H groups in total. The number of fused-ring (bicyclic) bond motifs is 1. The standard InChI is InChI=1S/C14H15NO.ClH/c1-8-9(2)13(8)15-14-11-6-4-3-5-10(11)7-12(14)16;/h3-6,12,14,16H,7H2,1-2H3;1H. The lowest BCUT2D eigenvalue weighted by Crippen LogP contribution is -2.13. The van der Waals surface area contributed by atoms with E-state index in [0.29, 0.717) is 0 Å². The third-order valence-corrected chi connectivity index (χ3v) is 3.65. The van der Waals surface area contributed by atoms with Gasteiger partial charge in [0.25, 0.3) is 0 Å². The van der Waals surface area contributed by atoms with E-state index in [1.165, 1.54) is 22.3 Å². The van der Waals surface area contributed by atoms with Crippen LogP contribution >= 0.6 is 12.4 Å². The van der Waals surface area contributed by atoms with E-state index in [2.05, 4.69) is 31.0 Å². The van der Waals surface area contributed by atoms with Crippen LogP contribution in [0.1, 0.15) is 28.3 Å². The molecule has 0 spiro atoms. The highest BCUT2D eigenvalue weighted by Gasteiger charge is 2.30. The number of halogens is 1. The van der Waals surface area contributed by atoms with Crippen molar-refractivity contribution < 1.29 is 5.11 Å². The van der Waals surface area contributed by atoms with Gasteiger partial charge >= 0.3 is 0 Å². The van der Waals surface area contributed by atoms with Crippen LogP contribution in [0.2, 0.25) is 0 Å². The molecule has 0 aliphatic heterocycles. The molecule has 3 rings (SSSR count). The number of benzene rings is 1. The minimum atomic E-state index is -0.355. The van der Waals surface area contributed by atoms with Gasteiger partial charge in [-0.15, -0.1) is 12.4 Å². The summed E-state index contributed by atoms with van der Waals surface area (Å²) >= 11 is 0. The molecule has 1 aliphatic carbocycles.